The van der Waals surface area contributed by atoms with Crippen molar-refractivity contribution in [2.45, 2.75) is 72.0 Å². The summed E-state index contributed by atoms with van der Waals surface area (Å²) in [4.78, 5) is 28.7. The van der Waals surface area contributed by atoms with Crippen LogP contribution in [0, 0.1) is 24.7 Å². The van der Waals surface area contributed by atoms with Crippen molar-refractivity contribution < 1.29 is 14.3 Å². The van der Waals surface area contributed by atoms with E-state index in [9.17, 15) is 9.59 Å². The first-order valence-corrected chi connectivity index (χ1v) is 10.6. The van der Waals surface area contributed by atoms with E-state index >= 15 is 0 Å². The lowest BCUT2D eigenvalue weighted by Gasteiger charge is -2.42. The van der Waals surface area contributed by atoms with Gasteiger partial charge in [-0.15, -0.1) is 0 Å². The molecule has 1 aromatic rings. The first-order valence-electron chi connectivity index (χ1n) is 10.6. The molecule has 0 aromatic heterocycles. The highest BCUT2D eigenvalue weighted by Crippen LogP contribution is 2.53. The second kappa shape index (κ2) is 6.87. The van der Waals surface area contributed by atoms with Crippen molar-refractivity contribution >= 4 is 11.8 Å². The van der Waals surface area contributed by atoms with Gasteiger partial charge in [-0.05, 0) is 57.6 Å². The average Bonchev–Trinajstić information content (AvgIpc) is 3.22. The average molecular weight is 385 g/mol. The summed E-state index contributed by atoms with van der Waals surface area (Å²) in [5.74, 6) is 0.292. The topological polar surface area (TPSA) is 58.6 Å². The second-order valence-electron chi connectivity index (χ2n) is 9.34. The number of aryl methyl sites for hydroxylation is 2. The minimum Gasteiger partial charge on any atom is -0.379 e. The maximum atomic E-state index is 13.4. The van der Waals surface area contributed by atoms with Crippen LogP contribution in [0.25, 0.3) is 0 Å². The normalized spacial score (nSPS) is 30.2. The van der Waals surface area contributed by atoms with Crippen LogP contribution in [0.3, 0.4) is 0 Å². The number of ether oxygens (including phenoxy) is 1. The van der Waals surface area contributed by atoms with Gasteiger partial charge in [-0.3, -0.25) is 9.59 Å². The lowest BCUT2D eigenvalue weighted by molar-refractivity contribution is -0.170. The number of nitrogens with one attached hydrogen (secondary N) is 1. The van der Waals surface area contributed by atoms with Crippen molar-refractivity contribution in [3.05, 3.63) is 34.9 Å². The second-order valence-corrected chi connectivity index (χ2v) is 9.34. The van der Waals surface area contributed by atoms with E-state index in [0.29, 0.717) is 19.8 Å². The van der Waals surface area contributed by atoms with E-state index in [0.717, 1.165) is 31.2 Å². The van der Waals surface area contributed by atoms with Gasteiger partial charge in [-0.25, -0.2) is 0 Å². The molecule has 2 bridgehead atoms. The number of benzene rings is 1. The van der Waals surface area contributed by atoms with Gasteiger partial charge in [0.05, 0.1) is 24.0 Å². The molecule has 3 aliphatic rings. The van der Waals surface area contributed by atoms with Crippen LogP contribution < -0.4 is 5.32 Å². The first-order chi connectivity index (χ1) is 13.3. The van der Waals surface area contributed by atoms with Crippen LogP contribution in [-0.4, -0.2) is 42.0 Å². The van der Waals surface area contributed by atoms with Gasteiger partial charge in [0, 0.05) is 18.6 Å². The number of amides is 2. The minimum absolute atomic E-state index is 0.0195. The van der Waals surface area contributed by atoms with Gasteiger partial charge < -0.3 is 15.0 Å². The lowest BCUT2D eigenvalue weighted by atomic mass is 9.71. The van der Waals surface area contributed by atoms with Gasteiger partial charge in [0.25, 0.3) is 0 Å². The highest BCUT2D eigenvalue weighted by atomic mass is 16.5. The van der Waals surface area contributed by atoms with Gasteiger partial charge in [0.15, 0.2) is 0 Å². The highest BCUT2D eigenvalue weighted by molar-refractivity contribution is 5.89. The van der Waals surface area contributed by atoms with E-state index in [1.165, 1.54) is 11.1 Å². The van der Waals surface area contributed by atoms with E-state index in [4.69, 9.17) is 4.74 Å². The van der Waals surface area contributed by atoms with Crippen molar-refractivity contribution in [1.29, 1.82) is 0 Å². The van der Waals surface area contributed by atoms with Gasteiger partial charge >= 0.3 is 0 Å². The number of hydrogen-bond acceptors (Lipinski definition) is 3. The monoisotopic (exact) mass is 384 g/mol. The fourth-order valence-electron chi connectivity index (χ4n) is 5.46. The Kier molecular flexibility index (Phi) is 4.77. The fraction of sp³-hybridized carbons (Fsp3) is 0.652. The molecule has 0 aliphatic carbocycles. The zero-order valence-electron chi connectivity index (χ0n) is 17.5. The third-order valence-electron chi connectivity index (χ3n) is 7.36. The molecule has 0 unspecified atom stereocenters. The number of rotatable bonds is 5. The van der Waals surface area contributed by atoms with Crippen molar-refractivity contribution in [1.82, 2.24) is 10.2 Å². The van der Waals surface area contributed by atoms with Crippen LogP contribution in [0.1, 0.15) is 56.2 Å². The van der Waals surface area contributed by atoms with E-state index < -0.39 is 10.8 Å². The molecule has 3 heterocycles. The van der Waals surface area contributed by atoms with Crippen molar-refractivity contribution in [2.24, 2.45) is 10.8 Å². The molecule has 3 aliphatic heterocycles. The molecule has 0 spiro atoms. The van der Waals surface area contributed by atoms with Crippen molar-refractivity contribution in [2.75, 3.05) is 13.2 Å². The summed E-state index contributed by atoms with van der Waals surface area (Å²) in [5.41, 5.74) is 2.69. The third kappa shape index (κ3) is 2.86. The van der Waals surface area contributed by atoms with Gasteiger partial charge in [0.2, 0.25) is 11.8 Å². The molecule has 3 fully saturated rings. The predicted octanol–water partition coefficient (Wildman–Crippen LogP) is 3.12. The lowest BCUT2D eigenvalue weighted by Crippen LogP contribution is -2.56. The van der Waals surface area contributed by atoms with E-state index in [2.05, 4.69) is 49.2 Å². The van der Waals surface area contributed by atoms with E-state index in [1.54, 1.807) is 0 Å². The SMILES string of the molecule is CC[C@@]1(C(=O)NCc2cc(C)ccc2C)C[C@@H]2CC[C@H]1N2C(=O)C1(C)COC1. The minimum atomic E-state index is -0.461. The van der Waals surface area contributed by atoms with Crippen LogP contribution in [0.5, 0.6) is 0 Å². The Hall–Kier alpha value is -1.88. The predicted molar refractivity (Wildman–Crippen MR) is 108 cm³/mol. The van der Waals surface area contributed by atoms with Crippen LogP contribution >= 0.6 is 0 Å². The van der Waals surface area contributed by atoms with Gasteiger partial charge in [0.1, 0.15) is 0 Å². The summed E-state index contributed by atoms with van der Waals surface area (Å²) in [7, 11) is 0. The summed E-state index contributed by atoms with van der Waals surface area (Å²) in [5, 5.41) is 3.21. The number of carbonyl (C=O) groups is 2. The van der Waals surface area contributed by atoms with Crippen molar-refractivity contribution in [3.63, 3.8) is 0 Å². The molecule has 5 nitrogen and oxygen atoms in total. The maximum absolute atomic E-state index is 13.4. The van der Waals surface area contributed by atoms with Crippen LogP contribution in [0.2, 0.25) is 0 Å². The molecule has 1 aromatic carbocycles. The molecule has 3 atom stereocenters. The molecule has 0 radical (unpaired) electrons. The standard InChI is InChI=1S/C23H32N2O3/c1-5-23(20(26)24-12-17-10-15(2)6-7-16(17)3)11-18-8-9-19(23)25(18)21(27)22(4)13-28-14-22/h6-7,10,18-19H,5,8-9,11-14H2,1-4H3,(H,24,26)/t18-,19+,23+/m0/s1. The third-order valence-corrected chi connectivity index (χ3v) is 7.36. The summed E-state index contributed by atoms with van der Waals surface area (Å²) in [6.07, 6.45) is 3.50. The summed E-state index contributed by atoms with van der Waals surface area (Å²) >= 11 is 0. The number of hydrogen-bond donors (Lipinski definition) is 1. The zero-order valence-corrected chi connectivity index (χ0v) is 17.5. The smallest absolute Gasteiger partial charge is 0.233 e. The quantitative estimate of drug-likeness (QED) is 0.849. The first kappa shape index (κ1) is 19.4. The summed E-state index contributed by atoms with van der Waals surface area (Å²) in [6.45, 7) is 9.78. The largest absolute Gasteiger partial charge is 0.379 e. The molecule has 3 saturated heterocycles. The van der Waals surface area contributed by atoms with Crippen LogP contribution in [0.4, 0.5) is 0 Å². The molecule has 1 N–H and O–H groups in total. The Labute approximate surface area is 167 Å². The Morgan fingerprint density at radius 1 is 1.25 bits per heavy atom. The Morgan fingerprint density at radius 3 is 2.64 bits per heavy atom. The number of nitrogens with zero attached hydrogens (tertiary/aromatic N) is 1. The number of fused-ring (bicyclic) bond motifs is 2. The fourth-order valence-corrected chi connectivity index (χ4v) is 5.46. The molecular weight excluding hydrogens is 352 g/mol. The summed E-state index contributed by atoms with van der Waals surface area (Å²) < 4.78 is 5.32. The molecule has 4 rings (SSSR count). The maximum Gasteiger partial charge on any atom is 0.233 e. The Bertz CT molecular complexity index is 801. The zero-order chi connectivity index (χ0) is 20.1. The molecule has 5 heteroatoms. The van der Waals surface area contributed by atoms with E-state index in [1.807, 2.05) is 6.92 Å². The number of carbonyl (C=O) groups excluding carboxylic acids is 2. The molecule has 0 saturated carbocycles. The molecular formula is C23H32N2O3. The Balaban J connectivity index is 1.51. The van der Waals surface area contributed by atoms with Crippen LogP contribution in [0.15, 0.2) is 18.2 Å². The van der Waals surface area contributed by atoms with Crippen LogP contribution in [-0.2, 0) is 20.9 Å². The molecule has 152 valence electrons. The highest BCUT2D eigenvalue weighted by Gasteiger charge is 2.62. The molecule has 2 amide bonds. The van der Waals surface area contributed by atoms with Gasteiger partial charge in [-0.1, -0.05) is 30.7 Å². The van der Waals surface area contributed by atoms with Gasteiger partial charge in [-0.2, -0.15) is 0 Å². The summed E-state index contributed by atoms with van der Waals surface area (Å²) in [6, 6.07) is 6.55. The Morgan fingerprint density at radius 2 is 2.00 bits per heavy atom. The molecule has 28 heavy (non-hydrogen) atoms. The van der Waals surface area contributed by atoms with Crippen molar-refractivity contribution in [3.8, 4) is 0 Å². The van der Waals surface area contributed by atoms with E-state index in [-0.39, 0.29) is 23.9 Å².